The van der Waals surface area contributed by atoms with Gasteiger partial charge in [0.25, 0.3) is 0 Å². The van der Waals surface area contributed by atoms with Gasteiger partial charge in [0.05, 0.1) is 0 Å². The van der Waals surface area contributed by atoms with Crippen LogP contribution in [0.4, 0.5) is 0 Å². The van der Waals surface area contributed by atoms with Gasteiger partial charge in [-0.15, -0.1) is 0 Å². The minimum absolute atomic E-state index is 0. The SMILES string of the molecule is [Na+].[Na].c1ccc([C-](c2ccccc2)c2ccccc2)cc1. The molecule has 0 aliphatic rings. The summed E-state index contributed by atoms with van der Waals surface area (Å²) >= 11 is 0. The van der Waals surface area contributed by atoms with Crippen LogP contribution in [0.3, 0.4) is 0 Å². The van der Waals surface area contributed by atoms with Crippen LogP contribution in [-0.2, 0) is 0 Å². The fourth-order valence-corrected chi connectivity index (χ4v) is 2.31. The van der Waals surface area contributed by atoms with Gasteiger partial charge in [-0.1, -0.05) is 114 Å². The molecule has 0 saturated carbocycles. The van der Waals surface area contributed by atoms with Crippen LogP contribution in [0.1, 0.15) is 16.7 Å². The van der Waals surface area contributed by atoms with Gasteiger partial charge < -0.3 is 0 Å². The van der Waals surface area contributed by atoms with Crippen molar-refractivity contribution >= 4 is 29.6 Å². The quantitative estimate of drug-likeness (QED) is 0.388. The monoisotopic (exact) mass is 289 g/mol. The maximum absolute atomic E-state index is 2.16. The summed E-state index contributed by atoms with van der Waals surface area (Å²) in [5.74, 6) is 1.28. The van der Waals surface area contributed by atoms with E-state index < -0.39 is 0 Å². The Kier molecular flexibility index (Phi) is 8.43. The van der Waals surface area contributed by atoms with Crippen LogP contribution < -0.4 is 29.6 Å². The predicted molar refractivity (Wildman–Crippen MR) is 85.6 cm³/mol. The van der Waals surface area contributed by atoms with E-state index in [0.717, 1.165) is 0 Å². The van der Waals surface area contributed by atoms with E-state index >= 15 is 0 Å². The van der Waals surface area contributed by atoms with Crippen molar-refractivity contribution in [1.82, 2.24) is 0 Å². The zero-order chi connectivity index (χ0) is 12.9. The molecule has 0 heterocycles. The van der Waals surface area contributed by atoms with E-state index in [4.69, 9.17) is 0 Å². The van der Waals surface area contributed by atoms with E-state index in [2.05, 4.69) is 91.0 Å². The van der Waals surface area contributed by atoms with Crippen molar-refractivity contribution in [2.45, 2.75) is 0 Å². The van der Waals surface area contributed by atoms with Gasteiger partial charge in [0, 0.05) is 29.6 Å². The van der Waals surface area contributed by atoms with Crippen LogP contribution in [-0.4, -0.2) is 29.6 Å². The van der Waals surface area contributed by atoms with Crippen molar-refractivity contribution < 1.29 is 29.6 Å². The molecule has 2 heteroatoms. The average Bonchev–Trinajstić information content (AvgIpc) is 2.51. The first-order valence-electron chi connectivity index (χ1n) is 6.48. The summed E-state index contributed by atoms with van der Waals surface area (Å²) in [5.41, 5.74) is 3.75. The second-order valence-corrected chi connectivity index (χ2v) is 4.47. The number of hydrogen-bond donors (Lipinski definition) is 0. The van der Waals surface area contributed by atoms with E-state index in [1.54, 1.807) is 0 Å². The zero-order valence-corrected chi connectivity index (χ0v) is 16.7. The molecule has 1 radical (unpaired) electrons. The van der Waals surface area contributed by atoms with Crippen LogP contribution >= 0.6 is 0 Å². The van der Waals surface area contributed by atoms with Gasteiger partial charge in [0.15, 0.2) is 0 Å². The largest absolute Gasteiger partial charge is 1.00 e. The molecule has 0 fully saturated rings. The normalized spacial score (nSPS) is 9.14. The Hall–Kier alpha value is -0.470. The first-order valence-corrected chi connectivity index (χ1v) is 6.48. The van der Waals surface area contributed by atoms with Crippen LogP contribution in [0, 0.1) is 5.92 Å². The van der Waals surface area contributed by atoms with E-state index in [1.807, 2.05) is 0 Å². The average molecular weight is 289 g/mol. The molecule has 0 aliphatic heterocycles. The van der Waals surface area contributed by atoms with Crippen molar-refractivity contribution in [3.63, 3.8) is 0 Å². The Labute approximate surface area is 171 Å². The third-order valence-electron chi connectivity index (χ3n) is 3.19. The number of rotatable bonds is 3. The molecule has 0 aromatic heterocycles. The summed E-state index contributed by atoms with van der Waals surface area (Å²) in [7, 11) is 0. The molecule has 0 bridgehead atoms. The third-order valence-corrected chi connectivity index (χ3v) is 3.19. The Morgan fingerprint density at radius 2 is 0.667 bits per heavy atom. The van der Waals surface area contributed by atoms with E-state index in [-0.39, 0.29) is 59.1 Å². The molecule has 0 unspecified atom stereocenters. The molecule has 0 amide bonds. The van der Waals surface area contributed by atoms with Gasteiger partial charge in [-0.3, -0.25) is 0 Å². The molecule has 0 spiro atoms. The van der Waals surface area contributed by atoms with Crippen molar-refractivity contribution in [3.8, 4) is 0 Å². The summed E-state index contributed by atoms with van der Waals surface area (Å²) in [6, 6.07) is 31.6. The van der Waals surface area contributed by atoms with Crippen LogP contribution in [0.2, 0.25) is 0 Å². The first kappa shape index (κ1) is 18.6. The topological polar surface area (TPSA) is 0 Å². The summed E-state index contributed by atoms with van der Waals surface area (Å²) in [6.07, 6.45) is 0. The summed E-state index contributed by atoms with van der Waals surface area (Å²) in [5, 5.41) is 0. The van der Waals surface area contributed by atoms with Crippen LogP contribution in [0.15, 0.2) is 91.0 Å². The Morgan fingerprint density at radius 1 is 0.429 bits per heavy atom. The van der Waals surface area contributed by atoms with Gasteiger partial charge in [-0.05, 0) is 0 Å². The molecular weight excluding hydrogens is 274 g/mol. The van der Waals surface area contributed by atoms with Crippen molar-refractivity contribution in [2.75, 3.05) is 0 Å². The molecule has 3 aromatic carbocycles. The van der Waals surface area contributed by atoms with E-state index in [9.17, 15) is 0 Å². The summed E-state index contributed by atoms with van der Waals surface area (Å²) < 4.78 is 0. The standard InChI is InChI=1S/C19H15.2Na/c1-4-10-16(11-5-1)19(17-12-6-2-7-13-17)18-14-8-3-9-15-18;;/h1-15H;;/q-1;;+1. The van der Waals surface area contributed by atoms with Crippen molar-refractivity contribution in [3.05, 3.63) is 114 Å². The molecule has 21 heavy (non-hydrogen) atoms. The fraction of sp³-hybridized carbons (Fsp3) is 0. The fourth-order valence-electron chi connectivity index (χ4n) is 2.31. The zero-order valence-electron chi connectivity index (χ0n) is 12.7. The molecule has 3 aromatic rings. The predicted octanol–water partition coefficient (Wildman–Crippen LogP) is 1.33. The molecular formula is C19H15Na2. The second kappa shape index (κ2) is 9.53. The van der Waals surface area contributed by atoms with Gasteiger partial charge >= 0.3 is 29.6 Å². The van der Waals surface area contributed by atoms with Crippen LogP contribution in [0.5, 0.6) is 0 Å². The maximum Gasteiger partial charge on any atom is 1.00 e. The Bertz CT molecular complexity index is 528. The van der Waals surface area contributed by atoms with Gasteiger partial charge in [0.1, 0.15) is 0 Å². The molecule has 3 rings (SSSR count). The smallest absolute Gasteiger partial charge is 0.0999 e. The summed E-state index contributed by atoms with van der Waals surface area (Å²) in [4.78, 5) is 0. The molecule has 0 atom stereocenters. The maximum atomic E-state index is 2.16. The molecule has 93 valence electrons. The van der Waals surface area contributed by atoms with Crippen molar-refractivity contribution in [1.29, 1.82) is 0 Å². The first-order chi connectivity index (χ1) is 9.45. The Morgan fingerprint density at radius 3 is 0.905 bits per heavy atom. The summed E-state index contributed by atoms with van der Waals surface area (Å²) in [6.45, 7) is 0. The molecule has 0 aliphatic carbocycles. The van der Waals surface area contributed by atoms with E-state index in [0.29, 0.717) is 0 Å². The van der Waals surface area contributed by atoms with E-state index in [1.165, 1.54) is 22.6 Å². The Balaban J connectivity index is 0.00000110. The van der Waals surface area contributed by atoms with Crippen molar-refractivity contribution in [2.24, 2.45) is 0 Å². The van der Waals surface area contributed by atoms with Gasteiger partial charge in [0.2, 0.25) is 0 Å². The number of hydrogen-bond acceptors (Lipinski definition) is 0. The van der Waals surface area contributed by atoms with Gasteiger partial charge in [-0.25, -0.2) is 0 Å². The van der Waals surface area contributed by atoms with Gasteiger partial charge in [-0.2, -0.15) is 0 Å². The minimum atomic E-state index is 0. The second-order valence-electron chi connectivity index (χ2n) is 4.47. The number of benzene rings is 3. The molecule has 0 nitrogen and oxygen atoms in total. The third kappa shape index (κ3) is 4.75. The van der Waals surface area contributed by atoms with Crippen LogP contribution in [0.25, 0.3) is 0 Å². The molecule has 0 N–H and O–H groups in total. The molecule has 0 saturated heterocycles. The minimum Gasteiger partial charge on any atom is -0.0999 e.